The summed E-state index contributed by atoms with van der Waals surface area (Å²) in [5.41, 5.74) is 3.76. The van der Waals surface area contributed by atoms with Gasteiger partial charge in [-0.15, -0.1) is 23.5 Å². The van der Waals surface area contributed by atoms with Crippen molar-refractivity contribution in [3.8, 4) is 0 Å². The molecule has 0 bridgehead atoms. The zero-order chi connectivity index (χ0) is 21.3. The zero-order valence-electron chi connectivity index (χ0n) is 17.1. The molecule has 0 fully saturated rings. The van der Waals surface area contributed by atoms with E-state index in [1.807, 2.05) is 48.5 Å². The molecule has 0 unspecified atom stereocenters. The summed E-state index contributed by atoms with van der Waals surface area (Å²) >= 11 is 2.55. The van der Waals surface area contributed by atoms with Crippen LogP contribution in [0.2, 0.25) is 0 Å². The Labute approximate surface area is 208 Å². The van der Waals surface area contributed by atoms with Gasteiger partial charge in [0.1, 0.15) is 11.6 Å². The van der Waals surface area contributed by atoms with Crippen molar-refractivity contribution in [2.75, 3.05) is 11.5 Å². The molecule has 2 heterocycles. The molecule has 0 aliphatic heterocycles. The smallest absolute Gasteiger partial charge is 0.549 e. The van der Waals surface area contributed by atoms with Crippen molar-refractivity contribution >= 4 is 57.5 Å². The molecule has 33 heavy (non-hydrogen) atoms. The third-order valence-corrected chi connectivity index (χ3v) is 5.63. The molecule has 0 atom stereocenters. The monoisotopic (exact) mass is 541 g/mol. The van der Waals surface area contributed by atoms with Gasteiger partial charge in [-0.1, -0.05) is 24.3 Å². The predicted molar refractivity (Wildman–Crippen MR) is 122 cm³/mol. The number of carboxylic acid groups (broad SMARTS) is 2. The summed E-state index contributed by atoms with van der Waals surface area (Å²) in [6.45, 7) is 0. The standard InChI is InChI=1S/2C10H10N2O2S.Cu.2H2O/c2*13-10(14)6-15-5-9-11-7-3-1-2-4-8(7)12-9;;;/h2*1-4H,5-6H2,(H,11,12)(H,13,14);;2*1H2/q;;+2;;/p-2. The molecule has 0 spiro atoms. The van der Waals surface area contributed by atoms with E-state index in [-0.39, 0.29) is 39.5 Å². The molecule has 1 radical (unpaired) electrons. The third-order valence-electron chi connectivity index (χ3n) is 3.79. The maximum atomic E-state index is 10.2. The van der Waals surface area contributed by atoms with Gasteiger partial charge in [-0.3, -0.25) is 0 Å². The van der Waals surface area contributed by atoms with E-state index in [4.69, 9.17) is 0 Å². The Morgan fingerprint density at radius 1 is 0.727 bits per heavy atom. The Bertz CT molecular complexity index is 998. The van der Waals surface area contributed by atoms with E-state index in [0.29, 0.717) is 11.5 Å². The maximum Gasteiger partial charge on any atom is 2.00 e. The van der Waals surface area contributed by atoms with Crippen LogP contribution >= 0.6 is 23.5 Å². The Morgan fingerprint density at radius 3 is 1.42 bits per heavy atom. The van der Waals surface area contributed by atoms with E-state index in [0.717, 1.165) is 33.7 Å². The number of imidazole rings is 2. The fourth-order valence-electron chi connectivity index (χ4n) is 2.61. The molecule has 6 N–H and O–H groups in total. The normalized spacial score (nSPS) is 9.70. The molecule has 0 saturated carbocycles. The summed E-state index contributed by atoms with van der Waals surface area (Å²) in [5.74, 6) is 0.608. The molecule has 10 nitrogen and oxygen atoms in total. The predicted octanol–water partition coefficient (Wildman–Crippen LogP) is -0.560. The molecule has 0 saturated heterocycles. The number of benzene rings is 2. The van der Waals surface area contributed by atoms with Crippen molar-refractivity contribution in [2.45, 2.75) is 11.5 Å². The third kappa shape index (κ3) is 9.86. The summed E-state index contributed by atoms with van der Waals surface area (Å²) in [7, 11) is 0. The second-order valence-corrected chi connectivity index (χ2v) is 8.10. The van der Waals surface area contributed by atoms with Crippen LogP contribution in [-0.4, -0.2) is 54.3 Å². The number of fused-ring (bicyclic) bond motifs is 2. The SMILES string of the molecule is O.O.O=C([O-])CSCc1nc2ccccc2[nH]1.O=C([O-])CSCc1nc2ccccc2[nH]1.[Cu+2]. The molecular formula is C20H22CuN4O6S2. The van der Waals surface area contributed by atoms with Crippen molar-refractivity contribution in [2.24, 2.45) is 0 Å². The number of aromatic amines is 2. The van der Waals surface area contributed by atoms with Crippen molar-refractivity contribution in [1.29, 1.82) is 0 Å². The van der Waals surface area contributed by atoms with Gasteiger partial charge in [-0.05, 0) is 24.3 Å². The summed E-state index contributed by atoms with van der Waals surface area (Å²) in [6.07, 6.45) is 0. The number of para-hydroxylation sites is 4. The van der Waals surface area contributed by atoms with Crippen molar-refractivity contribution in [3.63, 3.8) is 0 Å². The van der Waals surface area contributed by atoms with E-state index in [9.17, 15) is 19.8 Å². The molecule has 181 valence electrons. The second kappa shape index (κ2) is 15.3. The maximum absolute atomic E-state index is 10.2. The van der Waals surface area contributed by atoms with Crippen molar-refractivity contribution in [3.05, 3.63) is 60.2 Å². The van der Waals surface area contributed by atoms with Gasteiger partial charge in [0.15, 0.2) is 0 Å². The Hall–Kier alpha value is -2.54. The first-order valence-electron chi connectivity index (χ1n) is 8.93. The number of aromatic nitrogens is 4. The first-order chi connectivity index (χ1) is 14.5. The van der Waals surface area contributed by atoms with E-state index < -0.39 is 11.9 Å². The van der Waals surface area contributed by atoms with E-state index in [1.54, 1.807) is 0 Å². The second-order valence-electron chi connectivity index (χ2n) is 6.13. The average Bonchev–Trinajstić information content (AvgIpc) is 3.30. The van der Waals surface area contributed by atoms with Crippen molar-refractivity contribution < 1.29 is 47.8 Å². The van der Waals surface area contributed by atoms with Crippen molar-refractivity contribution in [1.82, 2.24) is 19.9 Å². The number of hydrogen-bond donors (Lipinski definition) is 2. The molecule has 2 aromatic heterocycles. The van der Waals surface area contributed by atoms with Crippen LogP contribution < -0.4 is 10.2 Å². The minimum atomic E-state index is -1.05. The summed E-state index contributed by atoms with van der Waals surface area (Å²) < 4.78 is 0. The minimum Gasteiger partial charge on any atom is -0.549 e. The number of thioether (sulfide) groups is 2. The summed E-state index contributed by atoms with van der Waals surface area (Å²) in [5, 5.41) is 20.4. The first kappa shape index (κ1) is 30.5. The molecule has 4 aromatic rings. The number of carboxylic acids is 2. The van der Waals surface area contributed by atoms with Crippen LogP contribution in [0.4, 0.5) is 0 Å². The number of carbonyl (C=O) groups is 2. The number of aliphatic carboxylic acids is 2. The number of nitrogens with one attached hydrogen (secondary N) is 2. The topological polar surface area (TPSA) is 201 Å². The largest absolute Gasteiger partial charge is 2.00 e. The van der Waals surface area contributed by atoms with Gasteiger partial charge in [0, 0.05) is 11.5 Å². The van der Waals surface area contributed by atoms with E-state index >= 15 is 0 Å². The number of carbonyl (C=O) groups excluding carboxylic acids is 2. The number of rotatable bonds is 8. The van der Waals surface area contributed by atoms with Gasteiger partial charge in [-0.25, -0.2) is 9.97 Å². The summed E-state index contributed by atoms with van der Waals surface area (Å²) in [4.78, 5) is 35.3. The molecule has 0 amide bonds. The minimum absolute atomic E-state index is 0. The summed E-state index contributed by atoms with van der Waals surface area (Å²) in [6, 6.07) is 15.4. The molecule has 13 heteroatoms. The average molecular weight is 542 g/mol. The molecule has 0 aliphatic carbocycles. The van der Waals surface area contributed by atoms with Crippen LogP contribution in [-0.2, 0) is 38.2 Å². The zero-order valence-corrected chi connectivity index (χ0v) is 19.7. The quantitative estimate of drug-likeness (QED) is 0.276. The number of nitrogens with zero attached hydrogens (tertiary/aromatic N) is 2. The molecule has 4 rings (SSSR count). The van der Waals surface area contributed by atoms with Gasteiger partial charge in [0.25, 0.3) is 0 Å². The van der Waals surface area contributed by atoms with E-state index in [1.165, 1.54) is 23.5 Å². The number of H-pyrrole nitrogens is 2. The van der Waals surface area contributed by atoms with Crippen LogP contribution in [0.15, 0.2) is 48.5 Å². The Kier molecular flexibility index (Phi) is 14.1. The van der Waals surface area contributed by atoms with Crippen LogP contribution in [0.25, 0.3) is 22.1 Å². The Morgan fingerprint density at radius 2 is 1.09 bits per heavy atom. The van der Waals surface area contributed by atoms with Gasteiger partial charge in [-0.2, -0.15) is 0 Å². The van der Waals surface area contributed by atoms with Crippen LogP contribution in [0.5, 0.6) is 0 Å². The van der Waals surface area contributed by atoms with E-state index in [2.05, 4.69) is 19.9 Å². The van der Waals surface area contributed by atoms with Crippen LogP contribution in [0, 0.1) is 0 Å². The van der Waals surface area contributed by atoms with Crippen LogP contribution in [0.1, 0.15) is 11.6 Å². The van der Waals surface area contributed by atoms with Crippen LogP contribution in [0.3, 0.4) is 0 Å². The molecule has 0 aliphatic rings. The van der Waals surface area contributed by atoms with Gasteiger partial charge >= 0.3 is 17.1 Å². The fourth-order valence-corrected chi connectivity index (χ4v) is 3.81. The molecular weight excluding hydrogens is 520 g/mol. The van der Waals surface area contributed by atoms with Gasteiger partial charge in [0.2, 0.25) is 0 Å². The number of hydrogen-bond acceptors (Lipinski definition) is 8. The van der Waals surface area contributed by atoms with Gasteiger partial charge < -0.3 is 40.7 Å². The molecule has 2 aromatic carbocycles. The Balaban J connectivity index is 0.000000569. The fraction of sp³-hybridized carbons (Fsp3) is 0.200. The van der Waals surface area contributed by atoms with Gasteiger partial charge in [0.05, 0.1) is 45.5 Å². The first-order valence-corrected chi connectivity index (χ1v) is 11.2.